The molecule has 1 atom stereocenters. The van der Waals surface area contributed by atoms with Crippen molar-refractivity contribution in [3.63, 3.8) is 0 Å². The third-order valence-corrected chi connectivity index (χ3v) is 2.12. The smallest absolute Gasteiger partial charge is 0.183 e. The highest BCUT2D eigenvalue weighted by Crippen LogP contribution is 1.98. The summed E-state index contributed by atoms with van der Waals surface area (Å²) in [4.78, 5) is 12.9. The number of likely N-dealkylation sites (N-methyl/N-ethyl adjacent to an activating group) is 1. The van der Waals surface area contributed by atoms with E-state index in [1.807, 2.05) is 35.2 Å². The van der Waals surface area contributed by atoms with E-state index in [9.17, 15) is 9.90 Å². The zero-order chi connectivity index (χ0) is 12.1. The third kappa shape index (κ3) is 6.43. The molecule has 0 fully saturated rings. The average molecular weight is 217 g/mol. The van der Waals surface area contributed by atoms with Crippen molar-refractivity contribution in [2.75, 3.05) is 48.3 Å². The Morgan fingerprint density at radius 2 is 1.93 bits per heavy atom. The highest BCUT2D eigenvalue weighted by molar-refractivity contribution is 5.69. The molecule has 0 aliphatic heterocycles. The molecule has 90 valence electrons. The van der Waals surface area contributed by atoms with Crippen molar-refractivity contribution in [2.24, 2.45) is 0 Å². The molecule has 0 aromatic carbocycles. The lowest BCUT2D eigenvalue weighted by Gasteiger charge is -2.35. The molecule has 0 heterocycles. The van der Waals surface area contributed by atoms with Crippen LogP contribution in [0.25, 0.3) is 0 Å². The van der Waals surface area contributed by atoms with Crippen molar-refractivity contribution in [2.45, 2.75) is 12.6 Å². The molecule has 0 aromatic heterocycles. The number of carboxylic acids is 1. The van der Waals surface area contributed by atoms with Crippen LogP contribution in [-0.4, -0.2) is 69.8 Å². The maximum absolute atomic E-state index is 10.9. The van der Waals surface area contributed by atoms with Gasteiger partial charge in [0.1, 0.15) is 5.97 Å². The normalized spacial score (nSPS) is 14.3. The third-order valence-electron chi connectivity index (χ3n) is 2.12. The molecule has 5 heteroatoms. The summed E-state index contributed by atoms with van der Waals surface area (Å²) in [6.07, 6.45) is 0.281. The summed E-state index contributed by atoms with van der Waals surface area (Å²) in [5.41, 5.74) is 0. The van der Waals surface area contributed by atoms with E-state index >= 15 is 0 Å². The Balaban J connectivity index is 3.94. The number of carbonyl (C=O) groups excluding carboxylic acids is 1. The molecule has 0 spiro atoms. The molecule has 1 N–H and O–H groups in total. The summed E-state index contributed by atoms with van der Waals surface area (Å²) in [5, 5.41) is 13.9. The molecule has 0 amide bonds. The highest BCUT2D eigenvalue weighted by atomic mass is 16.4. The first-order valence-corrected chi connectivity index (χ1v) is 5.15. The topological polar surface area (TPSA) is 55.4 Å². The van der Waals surface area contributed by atoms with Crippen LogP contribution in [0.4, 0.5) is 0 Å². The van der Waals surface area contributed by atoms with Crippen molar-refractivity contribution in [3.05, 3.63) is 0 Å². The number of nitrogens with zero attached hydrogens (tertiary/aromatic N) is 2. The molecule has 0 aliphatic rings. The van der Waals surface area contributed by atoms with Crippen molar-refractivity contribution >= 4 is 5.97 Å². The lowest BCUT2D eigenvalue weighted by Crippen LogP contribution is -2.62. The number of carbonyl (C=O) groups is 1. The summed E-state index contributed by atoms with van der Waals surface area (Å²) in [5.74, 6) is -1.05. The fraction of sp³-hybridized carbons (Fsp3) is 0.900. The summed E-state index contributed by atoms with van der Waals surface area (Å²) < 4.78 is 0.324. The highest BCUT2D eigenvalue weighted by Gasteiger charge is 2.23. The average Bonchev–Trinajstić information content (AvgIpc) is 1.99. The maximum atomic E-state index is 10.9. The molecule has 0 radical (unpaired) electrons. The second-order valence-electron chi connectivity index (χ2n) is 4.95. The van der Waals surface area contributed by atoms with Gasteiger partial charge in [-0.2, -0.15) is 0 Å². The molecule has 0 rings (SSSR count). The first-order chi connectivity index (χ1) is 6.75. The zero-order valence-corrected chi connectivity index (χ0v) is 10.4. The van der Waals surface area contributed by atoms with Crippen molar-refractivity contribution in [3.8, 4) is 0 Å². The summed E-state index contributed by atoms with van der Waals surface area (Å²) >= 11 is 0. The van der Waals surface area contributed by atoms with Gasteiger partial charge in [0.15, 0.2) is 6.17 Å². The number of hydrogen-bond acceptors (Lipinski definition) is 4. The maximum Gasteiger partial charge on any atom is 0.183 e. The van der Waals surface area contributed by atoms with E-state index < -0.39 is 12.1 Å². The second-order valence-corrected chi connectivity index (χ2v) is 4.95. The molecular weight excluding hydrogens is 194 g/mol. The number of carboxylic acid groups (broad SMARTS) is 1. The van der Waals surface area contributed by atoms with Gasteiger partial charge in [-0.3, -0.25) is 5.32 Å². The van der Waals surface area contributed by atoms with Gasteiger partial charge in [-0.25, -0.2) is 0 Å². The SMILES string of the molecule is CN(C)CCCNC(C(=O)[O-])[N+](C)(C)C. The standard InChI is InChI=1S/C10H23N3O2/c1-12(2)8-6-7-11-9(10(14)15)13(3,4)5/h9,11H,6-8H2,1-5H3. The number of nitrogens with one attached hydrogen (secondary N) is 1. The van der Waals surface area contributed by atoms with E-state index in [4.69, 9.17) is 0 Å². The van der Waals surface area contributed by atoms with Crippen LogP contribution >= 0.6 is 0 Å². The van der Waals surface area contributed by atoms with E-state index in [1.54, 1.807) is 0 Å². The lowest BCUT2D eigenvalue weighted by molar-refractivity contribution is -0.892. The van der Waals surface area contributed by atoms with Crippen LogP contribution in [0.1, 0.15) is 6.42 Å². The van der Waals surface area contributed by atoms with Crippen molar-refractivity contribution in [1.29, 1.82) is 0 Å². The minimum Gasteiger partial charge on any atom is -0.543 e. The van der Waals surface area contributed by atoms with Gasteiger partial charge < -0.3 is 19.3 Å². The molecule has 0 saturated heterocycles. The Morgan fingerprint density at radius 1 is 1.40 bits per heavy atom. The van der Waals surface area contributed by atoms with Crippen LogP contribution in [0.15, 0.2) is 0 Å². The minimum absolute atomic E-state index is 0.324. The molecule has 0 aliphatic carbocycles. The summed E-state index contributed by atoms with van der Waals surface area (Å²) in [6.45, 7) is 1.64. The van der Waals surface area contributed by atoms with E-state index in [2.05, 4.69) is 10.2 Å². The molecule has 0 bridgehead atoms. The predicted molar refractivity (Wildman–Crippen MR) is 58.0 cm³/mol. The molecular formula is C10H23N3O2. The molecule has 0 aromatic rings. The van der Waals surface area contributed by atoms with Gasteiger partial charge in [0.2, 0.25) is 0 Å². The number of quaternary nitrogens is 1. The fourth-order valence-electron chi connectivity index (χ4n) is 1.31. The Hall–Kier alpha value is -0.650. The number of aliphatic carboxylic acids is 1. The van der Waals surface area contributed by atoms with Crippen molar-refractivity contribution < 1.29 is 14.4 Å². The monoisotopic (exact) mass is 217 g/mol. The van der Waals surface area contributed by atoms with Crippen LogP contribution in [0.5, 0.6) is 0 Å². The second kappa shape index (κ2) is 6.05. The Kier molecular flexibility index (Phi) is 5.79. The van der Waals surface area contributed by atoms with Crippen molar-refractivity contribution in [1.82, 2.24) is 10.2 Å². The van der Waals surface area contributed by atoms with Crippen LogP contribution in [0.2, 0.25) is 0 Å². The fourth-order valence-corrected chi connectivity index (χ4v) is 1.31. The number of rotatable bonds is 7. The van der Waals surface area contributed by atoms with Crippen LogP contribution in [0, 0.1) is 0 Å². The van der Waals surface area contributed by atoms with Crippen LogP contribution < -0.4 is 10.4 Å². The lowest BCUT2D eigenvalue weighted by atomic mass is 10.3. The van der Waals surface area contributed by atoms with E-state index in [-0.39, 0.29) is 0 Å². The van der Waals surface area contributed by atoms with Gasteiger partial charge in [-0.15, -0.1) is 0 Å². The molecule has 0 saturated carbocycles. The quantitative estimate of drug-likeness (QED) is 0.314. The Morgan fingerprint density at radius 3 is 2.27 bits per heavy atom. The summed E-state index contributed by atoms with van der Waals surface area (Å²) in [7, 11) is 9.49. The van der Waals surface area contributed by atoms with Gasteiger partial charge in [0, 0.05) is 6.54 Å². The molecule has 1 unspecified atom stereocenters. The van der Waals surface area contributed by atoms with E-state index in [0.29, 0.717) is 11.0 Å². The first-order valence-electron chi connectivity index (χ1n) is 5.15. The molecule has 15 heavy (non-hydrogen) atoms. The van der Waals surface area contributed by atoms with Gasteiger partial charge in [0.25, 0.3) is 0 Å². The van der Waals surface area contributed by atoms with E-state index in [1.165, 1.54) is 0 Å². The van der Waals surface area contributed by atoms with E-state index in [0.717, 1.165) is 13.0 Å². The van der Waals surface area contributed by atoms with Gasteiger partial charge in [-0.05, 0) is 27.1 Å². The van der Waals surface area contributed by atoms with Gasteiger partial charge in [-0.1, -0.05) is 0 Å². The predicted octanol–water partition coefficient (Wildman–Crippen LogP) is -1.69. The van der Waals surface area contributed by atoms with Gasteiger partial charge in [0.05, 0.1) is 21.1 Å². The van der Waals surface area contributed by atoms with Crippen LogP contribution in [0.3, 0.4) is 0 Å². The largest absolute Gasteiger partial charge is 0.543 e. The molecule has 5 nitrogen and oxygen atoms in total. The summed E-state index contributed by atoms with van der Waals surface area (Å²) in [6, 6.07) is 0. The zero-order valence-electron chi connectivity index (χ0n) is 10.4. The Bertz CT molecular complexity index is 199. The first kappa shape index (κ1) is 14.3. The Labute approximate surface area is 92.3 Å². The van der Waals surface area contributed by atoms with Gasteiger partial charge >= 0.3 is 0 Å². The van der Waals surface area contributed by atoms with Crippen LogP contribution in [-0.2, 0) is 4.79 Å². The minimum atomic E-state index is -1.05. The number of hydrogen-bond donors (Lipinski definition) is 1.